The highest BCUT2D eigenvalue weighted by atomic mass is 19.1. The second kappa shape index (κ2) is 8.34. The molecule has 0 bridgehead atoms. The summed E-state index contributed by atoms with van der Waals surface area (Å²) in [6, 6.07) is 13.2. The summed E-state index contributed by atoms with van der Waals surface area (Å²) in [5.74, 6) is -0.928. The highest BCUT2D eigenvalue weighted by molar-refractivity contribution is 6.00. The third kappa shape index (κ3) is 4.35. The van der Waals surface area contributed by atoms with Crippen LogP contribution in [0, 0.1) is 12.7 Å². The van der Waals surface area contributed by atoms with E-state index >= 15 is 0 Å². The van der Waals surface area contributed by atoms with E-state index in [0.717, 1.165) is 11.1 Å². The van der Waals surface area contributed by atoms with Crippen LogP contribution in [0.25, 0.3) is 16.9 Å². The molecule has 28 heavy (non-hydrogen) atoms. The number of hydrogen-bond donors (Lipinski definition) is 2. The van der Waals surface area contributed by atoms with Crippen molar-refractivity contribution in [3.63, 3.8) is 0 Å². The number of aryl methyl sites for hydroxylation is 1. The molecule has 0 fully saturated rings. The topological polar surface area (TPSA) is 85.3 Å². The number of ether oxygens (including phenoxy) is 1. The van der Waals surface area contributed by atoms with Crippen LogP contribution in [0.5, 0.6) is 0 Å². The van der Waals surface area contributed by atoms with Gasteiger partial charge in [-0.15, -0.1) is 0 Å². The van der Waals surface area contributed by atoms with Gasteiger partial charge in [0, 0.05) is 11.8 Å². The number of aromatic nitrogens is 2. The van der Waals surface area contributed by atoms with Gasteiger partial charge in [0.15, 0.2) is 0 Å². The number of benzene rings is 2. The van der Waals surface area contributed by atoms with Gasteiger partial charge in [0.1, 0.15) is 11.5 Å². The first-order valence-corrected chi connectivity index (χ1v) is 8.63. The fraction of sp³-hybridized carbons (Fsp3) is 0.150. The van der Waals surface area contributed by atoms with Crippen LogP contribution in [-0.4, -0.2) is 28.4 Å². The molecule has 0 unspecified atom stereocenters. The molecule has 0 aliphatic heterocycles. The molecule has 0 aliphatic carbocycles. The maximum absolute atomic E-state index is 13.2. The Morgan fingerprint density at radius 2 is 1.75 bits per heavy atom. The number of nitrogens with zero attached hydrogens (tertiary/aromatic N) is 2. The van der Waals surface area contributed by atoms with E-state index in [0.29, 0.717) is 11.4 Å². The van der Waals surface area contributed by atoms with Crippen molar-refractivity contribution in [2.45, 2.75) is 13.8 Å². The molecular formula is C20H19FN4O3. The normalized spacial score (nSPS) is 10.4. The molecule has 3 rings (SSSR count). The lowest BCUT2D eigenvalue weighted by molar-refractivity contribution is 0.0913. The Morgan fingerprint density at radius 3 is 2.39 bits per heavy atom. The van der Waals surface area contributed by atoms with Gasteiger partial charge in [0.25, 0.3) is 5.91 Å². The summed E-state index contributed by atoms with van der Waals surface area (Å²) in [6.45, 7) is 3.79. The molecule has 7 nitrogen and oxygen atoms in total. The van der Waals surface area contributed by atoms with Crippen molar-refractivity contribution in [1.29, 1.82) is 0 Å². The maximum atomic E-state index is 13.2. The summed E-state index contributed by atoms with van der Waals surface area (Å²) in [5.41, 5.74) is 7.53. The summed E-state index contributed by atoms with van der Waals surface area (Å²) in [5, 5.41) is 4.48. The zero-order chi connectivity index (χ0) is 20.1. The van der Waals surface area contributed by atoms with Gasteiger partial charge in [-0.1, -0.05) is 29.8 Å². The Bertz CT molecular complexity index is 982. The molecule has 8 heteroatoms. The van der Waals surface area contributed by atoms with E-state index in [-0.39, 0.29) is 18.0 Å². The van der Waals surface area contributed by atoms with Crippen LogP contribution in [0.3, 0.4) is 0 Å². The number of nitrogens with one attached hydrogen (secondary N) is 2. The molecule has 0 saturated carbocycles. The zero-order valence-corrected chi connectivity index (χ0v) is 15.4. The molecule has 1 aromatic heterocycles. The van der Waals surface area contributed by atoms with E-state index in [4.69, 9.17) is 4.74 Å². The van der Waals surface area contributed by atoms with Crippen LogP contribution in [0.2, 0.25) is 0 Å². The quantitative estimate of drug-likeness (QED) is 0.678. The third-order valence-corrected chi connectivity index (χ3v) is 3.93. The van der Waals surface area contributed by atoms with Crippen molar-refractivity contribution >= 4 is 12.0 Å². The first kappa shape index (κ1) is 19.1. The zero-order valence-electron chi connectivity index (χ0n) is 15.4. The predicted octanol–water partition coefficient (Wildman–Crippen LogP) is 3.38. The molecule has 1 heterocycles. The van der Waals surface area contributed by atoms with E-state index in [9.17, 15) is 14.0 Å². The van der Waals surface area contributed by atoms with Gasteiger partial charge in [-0.05, 0) is 38.1 Å². The van der Waals surface area contributed by atoms with Crippen molar-refractivity contribution in [3.8, 4) is 16.9 Å². The van der Waals surface area contributed by atoms with E-state index in [1.54, 1.807) is 19.1 Å². The number of halogens is 1. The average Bonchev–Trinajstić information content (AvgIpc) is 3.13. The number of carbonyl (C=O) groups is 2. The van der Waals surface area contributed by atoms with Crippen molar-refractivity contribution in [2.75, 3.05) is 6.61 Å². The molecule has 144 valence electrons. The van der Waals surface area contributed by atoms with Gasteiger partial charge >= 0.3 is 6.09 Å². The molecular weight excluding hydrogens is 363 g/mol. The predicted molar refractivity (Wildman–Crippen MR) is 101 cm³/mol. The summed E-state index contributed by atoms with van der Waals surface area (Å²) in [4.78, 5) is 24.0. The lowest BCUT2D eigenvalue weighted by Crippen LogP contribution is -2.42. The molecule has 0 saturated heterocycles. The number of amides is 2. The van der Waals surface area contributed by atoms with Crippen LogP contribution in [-0.2, 0) is 4.74 Å². The van der Waals surface area contributed by atoms with Gasteiger partial charge in [-0.2, -0.15) is 5.10 Å². The highest BCUT2D eigenvalue weighted by Crippen LogP contribution is 2.24. The van der Waals surface area contributed by atoms with Gasteiger partial charge in [0.05, 0.1) is 17.9 Å². The average molecular weight is 382 g/mol. The molecule has 0 radical (unpaired) electrons. The minimum atomic E-state index is -0.765. The van der Waals surface area contributed by atoms with Crippen molar-refractivity contribution < 1.29 is 18.7 Å². The molecule has 0 atom stereocenters. The monoisotopic (exact) mass is 382 g/mol. The summed E-state index contributed by atoms with van der Waals surface area (Å²) in [6.07, 6.45) is 0.753. The molecule has 2 amide bonds. The van der Waals surface area contributed by atoms with Gasteiger partial charge in [-0.25, -0.2) is 19.3 Å². The van der Waals surface area contributed by atoms with Crippen molar-refractivity contribution in [3.05, 3.63) is 71.7 Å². The van der Waals surface area contributed by atoms with Crippen LogP contribution in [0.4, 0.5) is 9.18 Å². The molecule has 3 aromatic rings. The van der Waals surface area contributed by atoms with Gasteiger partial charge in [0.2, 0.25) is 0 Å². The van der Waals surface area contributed by atoms with E-state index in [1.165, 1.54) is 23.0 Å². The maximum Gasteiger partial charge on any atom is 0.426 e. The number of rotatable bonds is 4. The second-order valence-electron chi connectivity index (χ2n) is 5.98. The summed E-state index contributed by atoms with van der Waals surface area (Å²) < 4.78 is 19.4. The standard InChI is InChI=1S/C20H19FN4O3/c1-3-28-20(27)23-22-19(26)17-12-25(16-10-8-15(21)9-11-16)24-18(17)14-6-4-13(2)5-7-14/h4-12H,3H2,1-2H3,(H,22,26)(H,23,27). The lowest BCUT2D eigenvalue weighted by Gasteiger charge is -2.07. The lowest BCUT2D eigenvalue weighted by atomic mass is 10.1. The third-order valence-electron chi connectivity index (χ3n) is 3.93. The second-order valence-corrected chi connectivity index (χ2v) is 5.98. The Morgan fingerprint density at radius 1 is 1.07 bits per heavy atom. The van der Waals surface area contributed by atoms with Gasteiger partial charge in [-0.3, -0.25) is 10.2 Å². The van der Waals surface area contributed by atoms with Crippen LogP contribution >= 0.6 is 0 Å². The van der Waals surface area contributed by atoms with E-state index in [2.05, 4.69) is 16.0 Å². The van der Waals surface area contributed by atoms with Crippen LogP contribution in [0.15, 0.2) is 54.7 Å². The van der Waals surface area contributed by atoms with Crippen molar-refractivity contribution in [1.82, 2.24) is 20.6 Å². The molecule has 0 aliphatic rings. The Balaban J connectivity index is 1.96. The van der Waals surface area contributed by atoms with Crippen molar-refractivity contribution in [2.24, 2.45) is 0 Å². The van der Waals surface area contributed by atoms with Crippen LogP contribution < -0.4 is 10.9 Å². The SMILES string of the molecule is CCOC(=O)NNC(=O)c1cn(-c2ccc(F)cc2)nc1-c1ccc(C)cc1. The number of hydrazine groups is 1. The minimum absolute atomic E-state index is 0.179. The fourth-order valence-corrected chi connectivity index (χ4v) is 2.53. The minimum Gasteiger partial charge on any atom is -0.449 e. The smallest absolute Gasteiger partial charge is 0.426 e. The Hall–Kier alpha value is -3.68. The van der Waals surface area contributed by atoms with Crippen LogP contribution in [0.1, 0.15) is 22.8 Å². The highest BCUT2D eigenvalue weighted by Gasteiger charge is 2.19. The fourth-order valence-electron chi connectivity index (χ4n) is 2.53. The largest absolute Gasteiger partial charge is 0.449 e. The van der Waals surface area contributed by atoms with E-state index in [1.807, 2.05) is 31.2 Å². The first-order chi connectivity index (χ1) is 13.5. The Kier molecular flexibility index (Phi) is 5.69. The van der Waals surface area contributed by atoms with E-state index < -0.39 is 12.0 Å². The first-order valence-electron chi connectivity index (χ1n) is 8.63. The summed E-state index contributed by atoms with van der Waals surface area (Å²) in [7, 11) is 0. The Labute approximate surface area is 161 Å². The number of carbonyl (C=O) groups excluding carboxylic acids is 2. The molecule has 2 N–H and O–H groups in total. The molecule has 2 aromatic carbocycles. The van der Waals surface area contributed by atoms with Gasteiger partial charge < -0.3 is 4.74 Å². The number of hydrogen-bond acceptors (Lipinski definition) is 4. The molecule has 0 spiro atoms. The summed E-state index contributed by atoms with van der Waals surface area (Å²) >= 11 is 0.